The Morgan fingerprint density at radius 2 is 1.94 bits per heavy atom. The Labute approximate surface area is 202 Å². The van der Waals surface area contributed by atoms with Gasteiger partial charge in [0, 0.05) is 56.1 Å². The molecule has 1 aliphatic heterocycles. The minimum atomic E-state index is -0.426. The number of nitrogens with one attached hydrogen (secondary N) is 1. The minimum Gasteiger partial charge on any atom is -0.506 e. The highest BCUT2D eigenvalue weighted by molar-refractivity contribution is 5.86. The first-order valence-corrected chi connectivity index (χ1v) is 10.9. The fourth-order valence-corrected chi connectivity index (χ4v) is 4.12. The predicted octanol–water partition coefficient (Wildman–Crippen LogP) is 3.19. The normalized spacial score (nSPS) is 16.1. The van der Waals surface area contributed by atoms with Crippen molar-refractivity contribution in [2.75, 3.05) is 24.5 Å². The SMILES string of the molecule is CC(C)[C@H]1CN(c2ncc(-c3ncc(-c4cc(F)c5nn(C)cc5c4)cc3O)nn2)CCN1.Cl. The molecular weight excluding hydrogens is 459 g/mol. The van der Waals surface area contributed by atoms with E-state index in [1.165, 1.54) is 6.07 Å². The van der Waals surface area contributed by atoms with E-state index in [1.54, 1.807) is 36.4 Å². The highest BCUT2D eigenvalue weighted by Crippen LogP contribution is 2.32. The molecule has 0 saturated carbocycles. The van der Waals surface area contributed by atoms with Crippen LogP contribution in [0.3, 0.4) is 0 Å². The number of anilines is 1. The zero-order valence-electron chi connectivity index (χ0n) is 19.1. The summed E-state index contributed by atoms with van der Waals surface area (Å²) in [6.45, 7) is 6.85. The standard InChI is InChI=1S/C23H25FN8O.ClH/c1-13(2)19-12-32(5-4-25-19)23-27-10-18(28-29-23)22-20(33)8-15(9-26-22)14-6-16-11-31(3)30-21(16)17(24)7-14;/h6-11,13,19,25,33H,4-5,12H2,1-3H3;1H/t19-;/m1./s1. The molecule has 2 N–H and O–H groups in total. The number of piperazine rings is 1. The molecule has 0 bridgehead atoms. The number of benzene rings is 1. The molecule has 1 saturated heterocycles. The molecule has 0 unspecified atom stereocenters. The van der Waals surface area contributed by atoms with Gasteiger partial charge in [-0.15, -0.1) is 22.6 Å². The zero-order valence-corrected chi connectivity index (χ0v) is 19.9. The molecule has 1 fully saturated rings. The number of aromatic nitrogens is 6. The van der Waals surface area contributed by atoms with E-state index in [9.17, 15) is 9.50 Å². The summed E-state index contributed by atoms with van der Waals surface area (Å²) in [6.07, 6.45) is 4.89. The number of pyridine rings is 1. The molecule has 11 heteroatoms. The van der Waals surface area contributed by atoms with E-state index >= 15 is 0 Å². The number of aromatic hydroxyl groups is 1. The Morgan fingerprint density at radius 1 is 1.12 bits per heavy atom. The lowest BCUT2D eigenvalue weighted by molar-refractivity contribution is 0.365. The molecule has 0 spiro atoms. The van der Waals surface area contributed by atoms with Gasteiger partial charge >= 0.3 is 0 Å². The Hall–Kier alpha value is -3.37. The van der Waals surface area contributed by atoms with E-state index in [2.05, 4.69) is 49.3 Å². The van der Waals surface area contributed by atoms with Crippen LogP contribution in [0.1, 0.15) is 13.8 Å². The van der Waals surface area contributed by atoms with E-state index in [-0.39, 0.29) is 23.9 Å². The van der Waals surface area contributed by atoms with E-state index in [1.807, 2.05) is 6.07 Å². The third-order valence-electron chi connectivity index (χ3n) is 5.96. The number of hydrogen-bond donors (Lipinski definition) is 2. The highest BCUT2D eigenvalue weighted by atomic mass is 35.5. The lowest BCUT2D eigenvalue weighted by atomic mass is 10.0. The number of rotatable bonds is 4. The highest BCUT2D eigenvalue weighted by Gasteiger charge is 2.24. The smallest absolute Gasteiger partial charge is 0.245 e. The number of nitrogens with zero attached hydrogens (tertiary/aromatic N) is 7. The summed E-state index contributed by atoms with van der Waals surface area (Å²) < 4.78 is 16.0. The van der Waals surface area contributed by atoms with Crippen LogP contribution in [0.15, 0.2) is 36.8 Å². The topological polar surface area (TPSA) is 105 Å². The largest absolute Gasteiger partial charge is 0.506 e. The average Bonchev–Trinajstić information content (AvgIpc) is 3.20. The predicted molar refractivity (Wildman–Crippen MR) is 130 cm³/mol. The Bertz CT molecular complexity index is 1310. The summed E-state index contributed by atoms with van der Waals surface area (Å²) in [5, 5.41) is 27.4. The summed E-state index contributed by atoms with van der Waals surface area (Å²) in [5.41, 5.74) is 2.13. The van der Waals surface area contributed by atoms with E-state index in [0.29, 0.717) is 45.6 Å². The van der Waals surface area contributed by atoms with Gasteiger partial charge in [0.1, 0.15) is 22.7 Å². The zero-order chi connectivity index (χ0) is 23.1. The van der Waals surface area contributed by atoms with Crippen molar-refractivity contribution in [1.29, 1.82) is 0 Å². The molecule has 4 aromatic rings. The minimum absolute atomic E-state index is 0. The second-order valence-corrected chi connectivity index (χ2v) is 8.68. The van der Waals surface area contributed by atoms with Crippen LogP contribution >= 0.6 is 12.4 Å². The summed E-state index contributed by atoms with van der Waals surface area (Å²) in [5.74, 6) is 0.560. The molecule has 0 amide bonds. The number of fused-ring (bicyclic) bond motifs is 1. The molecule has 178 valence electrons. The van der Waals surface area contributed by atoms with Gasteiger partial charge in [-0.1, -0.05) is 13.8 Å². The molecule has 3 aromatic heterocycles. The second-order valence-electron chi connectivity index (χ2n) is 8.68. The number of hydrogen-bond acceptors (Lipinski definition) is 8. The van der Waals surface area contributed by atoms with Crippen LogP contribution in [-0.2, 0) is 7.05 Å². The number of aryl methyl sites for hydroxylation is 1. The molecule has 0 aliphatic carbocycles. The second kappa shape index (κ2) is 9.47. The third kappa shape index (κ3) is 4.51. The van der Waals surface area contributed by atoms with Gasteiger partial charge in [-0.3, -0.25) is 4.68 Å². The van der Waals surface area contributed by atoms with Crippen molar-refractivity contribution in [2.24, 2.45) is 13.0 Å². The van der Waals surface area contributed by atoms with Gasteiger partial charge in [-0.05, 0) is 29.7 Å². The van der Waals surface area contributed by atoms with Crippen LogP contribution in [0.5, 0.6) is 5.75 Å². The van der Waals surface area contributed by atoms with Gasteiger partial charge in [0.05, 0.1) is 6.20 Å². The van der Waals surface area contributed by atoms with Crippen molar-refractivity contribution in [3.8, 4) is 28.3 Å². The molecular formula is C23H26ClFN8O. The fraction of sp³-hybridized carbons (Fsp3) is 0.348. The molecule has 34 heavy (non-hydrogen) atoms. The van der Waals surface area contributed by atoms with Crippen LogP contribution in [0, 0.1) is 11.7 Å². The van der Waals surface area contributed by atoms with Gasteiger partial charge in [-0.2, -0.15) is 5.10 Å². The quantitative estimate of drug-likeness (QED) is 0.455. The molecule has 4 heterocycles. The maximum absolute atomic E-state index is 14.5. The molecule has 0 radical (unpaired) electrons. The summed E-state index contributed by atoms with van der Waals surface area (Å²) in [7, 11) is 1.74. The monoisotopic (exact) mass is 484 g/mol. The van der Waals surface area contributed by atoms with Crippen molar-refractivity contribution in [2.45, 2.75) is 19.9 Å². The van der Waals surface area contributed by atoms with Crippen molar-refractivity contribution in [3.05, 3.63) is 42.6 Å². The van der Waals surface area contributed by atoms with E-state index in [0.717, 1.165) is 19.6 Å². The maximum Gasteiger partial charge on any atom is 0.245 e. The van der Waals surface area contributed by atoms with Gasteiger partial charge in [0.15, 0.2) is 5.82 Å². The van der Waals surface area contributed by atoms with Crippen LogP contribution in [0.2, 0.25) is 0 Å². The van der Waals surface area contributed by atoms with Gasteiger partial charge in [-0.25, -0.2) is 14.4 Å². The van der Waals surface area contributed by atoms with Crippen molar-refractivity contribution in [1.82, 2.24) is 35.3 Å². The maximum atomic E-state index is 14.5. The summed E-state index contributed by atoms with van der Waals surface area (Å²) in [6, 6.07) is 5.11. The lowest BCUT2D eigenvalue weighted by Gasteiger charge is -2.35. The van der Waals surface area contributed by atoms with Crippen molar-refractivity contribution < 1.29 is 9.50 Å². The van der Waals surface area contributed by atoms with Gasteiger partial charge in [0.2, 0.25) is 5.95 Å². The Morgan fingerprint density at radius 3 is 2.65 bits per heavy atom. The Balaban J connectivity index is 0.00000274. The average molecular weight is 485 g/mol. The van der Waals surface area contributed by atoms with Crippen molar-refractivity contribution >= 4 is 29.3 Å². The molecule has 1 aromatic carbocycles. The van der Waals surface area contributed by atoms with Crippen molar-refractivity contribution in [3.63, 3.8) is 0 Å². The summed E-state index contributed by atoms with van der Waals surface area (Å²) >= 11 is 0. The third-order valence-corrected chi connectivity index (χ3v) is 5.96. The lowest BCUT2D eigenvalue weighted by Crippen LogP contribution is -2.53. The van der Waals surface area contributed by atoms with Crippen LogP contribution in [0.4, 0.5) is 10.3 Å². The summed E-state index contributed by atoms with van der Waals surface area (Å²) in [4.78, 5) is 10.9. The van der Waals surface area contributed by atoms with Crippen LogP contribution in [0.25, 0.3) is 33.4 Å². The Kier molecular flexibility index (Phi) is 6.63. The fourth-order valence-electron chi connectivity index (χ4n) is 4.12. The first kappa shape index (κ1) is 23.8. The number of halogens is 2. The van der Waals surface area contributed by atoms with Gasteiger partial charge < -0.3 is 15.3 Å². The molecule has 9 nitrogen and oxygen atoms in total. The first-order valence-electron chi connectivity index (χ1n) is 10.9. The first-order chi connectivity index (χ1) is 15.9. The van der Waals surface area contributed by atoms with Crippen LogP contribution < -0.4 is 10.2 Å². The van der Waals surface area contributed by atoms with E-state index < -0.39 is 5.82 Å². The molecule has 1 aliphatic rings. The van der Waals surface area contributed by atoms with E-state index in [4.69, 9.17) is 0 Å². The van der Waals surface area contributed by atoms with Crippen LogP contribution in [-0.4, -0.2) is 60.7 Å². The molecule has 5 rings (SSSR count). The van der Waals surface area contributed by atoms with Gasteiger partial charge in [0.25, 0.3) is 0 Å². The molecule has 1 atom stereocenters.